The molecule has 1 rings (SSSR count). The van der Waals surface area contributed by atoms with E-state index in [4.69, 9.17) is 0 Å². The third kappa shape index (κ3) is 4.42. The van der Waals surface area contributed by atoms with Crippen LogP contribution in [0.3, 0.4) is 0 Å². The molecule has 0 amide bonds. The van der Waals surface area contributed by atoms with E-state index in [2.05, 4.69) is 63.4 Å². The maximum atomic E-state index is 4.34. The molecule has 0 saturated heterocycles. The van der Waals surface area contributed by atoms with E-state index in [1.165, 1.54) is 16.7 Å². The van der Waals surface area contributed by atoms with Crippen LogP contribution >= 0.6 is 12.8 Å². The number of allylic oxidation sites excluding steroid dienone is 1. The maximum absolute atomic E-state index is 4.34. The predicted octanol–water partition coefficient (Wildman–Crippen LogP) is 3.52. The van der Waals surface area contributed by atoms with Crippen molar-refractivity contribution in [2.75, 3.05) is 0 Å². The Labute approximate surface area is 92.9 Å². The molecule has 73 valence electrons. The van der Waals surface area contributed by atoms with E-state index in [0.717, 1.165) is 5.57 Å². The van der Waals surface area contributed by atoms with E-state index >= 15 is 0 Å². The van der Waals surface area contributed by atoms with Crippen molar-refractivity contribution in [2.45, 2.75) is 20.8 Å². The van der Waals surface area contributed by atoms with Gasteiger partial charge in [0.05, 0.1) is 0 Å². The van der Waals surface area contributed by atoms with Crippen molar-refractivity contribution in [3.63, 3.8) is 0 Å². The summed E-state index contributed by atoms with van der Waals surface area (Å²) in [6.45, 7) is 10.2. The minimum absolute atomic E-state index is 1.13. The number of thiol groups is 1. The molecule has 0 spiro atoms. The molecule has 14 heavy (non-hydrogen) atoms. The third-order valence-corrected chi connectivity index (χ3v) is 2.00. The molecule has 0 saturated carbocycles. The van der Waals surface area contributed by atoms with Gasteiger partial charge in [-0.15, -0.1) is 0 Å². The van der Waals surface area contributed by atoms with Gasteiger partial charge in [-0.2, -0.15) is 0 Å². The average molecular weight is 204 g/mol. The molecular formula is C11H15BNS. The zero-order valence-corrected chi connectivity index (χ0v) is 9.81. The van der Waals surface area contributed by atoms with Crippen LogP contribution in [-0.4, -0.2) is 7.64 Å². The summed E-state index contributed by atoms with van der Waals surface area (Å²) in [5.74, 6) is 0. The first-order chi connectivity index (χ1) is 6.52. The zero-order chi connectivity index (χ0) is 11.1. The van der Waals surface area contributed by atoms with Gasteiger partial charge < -0.3 is 0 Å². The Morgan fingerprint density at radius 1 is 1.36 bits per heavy atom. The fourth-order valence-electron chi connectivity index (χ4n) is 1.01. The number of nitrogens with zero attached hydrogens (tertiary/aromatic N) is 1. The van der Waals surface area contributed by atoms with Crippen LogP contribution in [0.15, 0.2) is 29.1 Å². The van der Waals surface area contributed by atoms with Gasteiger partial charge in [0.1, 0.15) is 0 Å². The van der Waals surface area contributed by atoms with Crippen molar-refractivity contribution in [3.8, 4) is 0 Å². The summed E-state index contributed by atoms with van der Waals surface area (Å²) in [7, 11) is 4.34. The third-order valence-electron chi connectivity index (χ3n) is 2.00. The van der Waals surface area contributed by atoms with Crippen LogP contribution in [0.25, 0.3) is 5.57 Å². The Balaban J connectivity index is 0.000000500. The molecule has 1 aromatic carbocycles. The van der Waals surface area contributed by atoms with Gasteiger partial charge in [0.25, 0.3) is 0 Å². The normalized spacial score (nSPS) is 8.50. The fourth-order valence-corrected chi connectivity index (χ4v) is 1.01. The van der Waals surface area contributed by atoms with Gasteiger partial charge in [-0.25, -0.2) is 0 Å². The number of rotatable bonds is 1. The number of hydrogen-bond acceptors (Lipinski definition) is 2. The molecule has 1 radical (unpaired) electrons. The van der Waals surface area contributed by atoms with Crippen LogP contribution in [-0.2, 0) is 0 Å². The van der Waals surface area contributed by atoms with Gasteiger partial charge in [0, 0.05) is 0 Å². The Morgan fingerprint density at radius 3 is 2.21 bits per heavy atom. The number of hydrogen-bond donors (Lipinski definition) is 1. The van der Waals surface area contributed by atoms with Crippen LogP contribution in [0.1, 0.15) is 23.6 Å². The van der Waals surface area contributed by atoms with Crippen LogP contribution in [0.4, 0.5) is 0 Å². The standard InChI is InChI=1S/C11H14.BHNS/c1-8(2)11-6-5-9(3)10(4)7-11;1-2-3/h5-7H,1H2,2-4H3;3H. The first-order valence-electron chi connectivity index (χ1n) is 4.30. The van der Waals surface area contributed by atoms with Crippen molar-refractivity contribution in [2.24, 2.45) is 4.30 Å². The summed E-state index contributed by atoms with van der Waals surface area (Å²) in [6, 6.07) is 6.43. The Hall–Kier alpha value is -0.825. The summed E-state index contributed by atoms with van der Waals surface area (Å²) in [5, 5.41) is 0. The van der Waals surface area contributed by atoms with Crippen LogP contribution in [0.2, 0.25) is 0 Å². The van der Waals surface area contributed by atoms with Crippen LogP contribution in [0, 0.1) is 13.8 Å². The summed E-state index contributed by atoms with van der Waals surface area (Å²) < 4.78 is 2.69. The van der Waals surface area contributed by atoms with E-state index in [-0.39, 0.29) is 0 Å². The van der Waals surface area contributed by atoms with Gasteiger partial charge in [-0.1, -0.05) is 30.4 Å². The van der Waals surface area contributed by atoms with Crippen molar-refractivity contribution in [1.82, 2.24) is 0 Å². The zero-order valence-electron chi connectivity index (χ0n) is 8.91. The van der Waals surface area contributed by atoms with Crippen molar-refractivity contribution >= 4 is 26.0 Å². The molecule has 0 aliphatic carbocycles. The van der Waals surface area contributed by atoms with Gasteiger partial charge in [0.2, 0.25) is 0 Å². The molecule has 0 aromatic heterocycles. The molecule has 0 aliphatic heterocycles. The summed E-state index contributed by atoms with van der Waals surface area (Å²) in [4.78, 5) is 0. The molecule has 1 aromatic rings. The molecule has 0 heterocycles. The SMILES string of the molecule is C=C(C)c1ccc(C)c(C)c1.[B]=NS. The molecule has 0 N–H and O–H groups in total. The molecule has 0 atom stereocenters. The Bertz CT molecular complexity index is 334. The van der Waals surface area contributed by atoms with E-state index in [0.29, 0.717) is 0 Å². The van der Waals surface area contributed by atoms with Crippen molar-refractivity contribution in [1.29, 1.82) is 0 Å². The first-order valence-corrected chi connectivity index (χ1v) is 4.70. The van der Waals surface area contributed by atoms with Crippen LogP contribution in [0.5, 0.6) is 0 Å². The number of aryl methyl sites for hydroxylation is 2. The van der Waals surface area contributed by atoms with E-state index in [9.17, 15) is 0 Å². The molecular weight excluding hydrogens is 189 g/mol. The van der Waals surface area contributed by atoms with Gasteiger partial charge in [0.15, 0.2) is 0 Å². The van der Waals surface area contributed by atoms with Crippen molar-refractivity contribution < 1.29 is 0 Å². The molecule has 1 nitrogen and oxygen atoms in total. The average Bonchev–Trinajstić information content (AvgIpc) is 2.10. The van der Waals surface area contributed by atoms with Gasteiger partial charge in [-0.3, -0.25) is 0 Å². The molecule has 0 fully saturated rings. The van der Waals surface area contributed by atoms with Crippen molar-refractivity contribution in [3.05, 3.63) is 41.5 Å². The molecule has 0 unspecified atom stereocenters. The second-order valence-electron chi connectivity index (χ2n) is 3.19. The molecule has 0 bridgehead atoms. The van der Waals surface area contributed by atoms with Gasteiger partial charge >= 0.3 is 24.8 Å². The first kappa shape index (κ1) is 13.2. The second-order valence-corrected chi connectivity index (χ2v) is 3.43. The molecule has 0 aliphatic rings. The van der Waals surface area contributed by atoms with E-state index in [1.54, 1.807) is 0 Å². The number of benzene rings is 1. The quantitative estimate of drug-likeness (QED) is 0.530. The van der Waals surface area contributed by atoms with Gasteiger partial charge in [-0.05, 0) is 37.5 Å². The second kappa shape index (κ2) is 6.60. The summed E-state index contributed by atoms with van der Waals surface area (Å²) in [6.07, 6.45) is 0. The Morgan fingerprint density at radius 2 is 1.86 bits per heavy atom. The minimum atomic E-state index is 1.13. The predicted molar refractivity (Wildman–Crippen MR) is 67.8 cm³/mol. The summed E-state index contributed by atoms with van der Waals surface area (Å²) in [5.41, 5.74) is 5.06. The topological polar surface area (TPSA) is 12.4 Å². The monoisotopic (exact) mass is 204 g/mol. The molecule has 3 heteroatoms. The van der Waals surface area contributed by atoms with Crippen LogP contribution < -0.4 is 0 Å². The fraction of sp³-hybridized carbons (Fsp3) is 0.273. The summed E-state index contributed by atoms with van der Waals surface area (Å²) >= 11 is 3.19. The van der Waals surface area contributed by atoms with E-state index in [1.807, 2.05) is 6.92 Å². The Kier molecular flexibility index (Phi) is 6.21. The van der Waals surface area contributed by atoms with E-state index < -0.39 is 0 Å².